The van der Waals surface area contributed by atoms with Crippen LogP contribution in [0.4, 0.5) is 4.79 Å². The average molecular weight is 580 g/mol. The Morgan fingerprint density at radius 2 is 1.69 bits per heavy atom. The van der Waals surface area contributed by atoms with E-state index < -0.39 is 35.8 Å². The van der Waals surface area contributed by atoms with Crippen LogP contribution in [0.25, 0.3) is 0 Å². The molecule has 3 aliphatic carbocycles. The maximum atomic E-state index is 14.4. The fourth-order valence-electron chi connectivity index (χ4n) is 7.33. The fourth-order valence-corrected chi connectivity index (χ4v) is 7.33. The minimum atomic E-state index is -1.02. The Hall–Kier alpha value is -3.23. The number of piperidine rings is 1. The highest BCUT2D eigenvalue weighted by Gasteiger charge is 2.69. The molecule has 1 saturated heterocycles. The highest BCUT2D eigenvalue weighted by Crippen LogP contribution is 2.65. The van der Waals surface area contributed by atoms with E-state index in [4.69, 9.17) is 10.5 Å². The molecule has 9 nitrogen and oxygen atoms in total. The first-order valence-corrected chi connectivity index (χ1v) is 15.3. The van der Waals surface area contributed by atoms with Crippen LogP contribution >= 0.6 is 0 Å². The summed E-state index contributed by atoms with van der Waals surface area (Å²) in [6.07, 6.45) is 2.93. The van der Waals surface area contributed by atoms with Crippen LogP contribution in [-0.2, 0) is 36.8 Å². The minimum Gasteiger partial charge on any atom is -0.449 e. The lowest BCUT2D eigenvalue weighted by Gasteiger charge is -2.35. The molecule has 3 amide bonds. The number of hydrogen-bond donors (Lipinski definition) is 2. The molecule has 42 heavy (non-hydrogen) atoms. The summed E-state index contributed by atoms with van der Waals surface area (Å²) in [6, 6.07) is 6.46. The molecular formula is C33H45N3O6. The largest absolute Gasteiger partial charge is 0.449 e. The van der Waals surface area contributed by atoms with Gasteiger partial charge in [0.15, 0.2) is 5.78 Å². The molecule has 1 heterocycles. The first-order chi connectivity index (χ1) is 19.7. The zero-order chi connectivity index (χ0) is 30.6. The van der Waals surface area contributed by atoms with Gasteiger partial charge in [0.05, 0.1) is 12.6 Å². The van der Waals surface area contributed by atoms with E-state index in [1.54, 1.807) is 4.90 Å². The Balaban J connectivity index is 1.38. The molecule has 228 valence electrons. The van der Waals surface area contributed by atoms with Gasteiger partial charge >= 0.3 is 6.09 Å². The standard InChI is InChI=1S/C33H45N3O6/c1-32(2,3)17-42-31(41)35-26(21-13-19-8-6-7-9-20(19)14-21)30(40)36-16-23-25(33(23,4)5)27(36)24(37)15-22(12-18-10-11-18)28(38)29(34)39/h6-9,18,21-23,25-27H,10-17H2,1-5H3,(H2,34,39)(H,35,41)/t22?,23-,25-,26-,27+/m0/s1. The molecule has 5 atom stereocenters. The van der Waals surface area contributed by atoms with E-state index in [1.807, 2.05) is 45.0 Å². The van der Waals surface area contributed by atoms with E-state index in [2.05, 4.69) is 19.2 Å². The third kappa shape index (κ3) is 6.25. The molecule has 3 N–H and O–H groups in total. The van der Waals surface area contributed by atoms with Crippen molar-refractivity contribution in [1.29, 1.82) is 0 Å². The molecule has 2 saturated carbocycles. The van der Waals surface area contributed by atoms with Gasteiger partial charge in [-0.25, -0.2) is 4.79 Å². The highest BCUT2D eigenvalue weighted by molar-refractivity contribution is 6.36. The van der Waals surface area contributed by atoms with Crippen LogP contribution in [0.3, 0.4) is 0 Å². The van der Waals surface area contributed by atoms with Crippen LogP contribution in [-0.4, -0.2) is 59.6 Å². The predicted molar refractivity (Wildman–Crippen MR) is 156 cm³/mol. The van der Waals surface area contributed by atoms with Gasteiger partial charge < -0.3 is 20.7 Å². The quantitative estimate of drug-likeness (QED) is 0.386. The van der Waals surface area contributed by atoms with E-state index in [0.717, 1.165) is 24.0 Å². The number of Topliss-reactive ketones (excluding diaryl/α,β-unsaturated/α-hetero) is 2. The molecule has 0 spiro atoms. The second-order valence-corrected chi connectivity index (χ2v) is 14.9. The Morgan fingerprint density at radius 1 is 1.07 bits per heavy atom. The summed E-state index contributed by atoms with van der Waals surface area (Å²) in [4.78, 5) is 67.4. The number of nitrogens with two attached hydrogens (primary N) is 1. The summed E-state index contributed by atoms with van der Waals surface area (Å²) in [5.41, 5.74) is 7.29. The maximum absolute atomic E-state index is 14.4. The van der Waals surface area contributed by atoms with Crippen molar-refractivity contribution in [3.63, 3.8) is 0 Å². The summed E-state index contributed by atoms with van der Waals surface area (Å²) in [5, 5.41) is 2.88. The van der Waals surface area contributed by atoms with Gasteiger partial charge in [-0.1, -0.05) is 71.7 Å². The molecule has 0 radical (unpaired) electrons. The van der Waals surface area contributed by atoms with E-state index in [9.17, 15) is 24.0 Å². The van der Waals surface area contributed by atoms with Gasteiger partial charge in [0.25, 0.3) is 5.91 Å². The molecule has 1 unspecified atom stereocenters. The van der Waals surface area contributed by atoms with Gasteiger partial charge in [0.1, 0.15) is 6.04 Å². The van der Waals surface area contributed by atoms with Crippen molar-refractivity contribution in [1.82, 2.24) is 10.2 Å². The molecule has 3 fully saturated rings. The number of ketones is 2. The Bertz CT molecular complexity index is 1250. The third-order valence-corrected chi connectivity index (χ3v) is 9.93. The number of primary amides is 1. The van der Waals surface area contributed by atoms with Gasteiger partial charge in [-0.05, 0) is 64.9 Å². The normalized spacial score (nSPS) is 25.6. The van der Waals surface area contributed by atoms with Gasteiger partial charge in [0.2, 0.25) is 11.7 Å². The highest BCUT2D eigenvalue weighted by atomic mass is 16.5. The SMILES string of the molecule is CC(C)(C)COC(=O)N[C@H](C(=O)N1C[C@H]2[C@@H]([C@H]1C(=O)CC(CC1CC1)C(=O)C(N)=O)C2(C)C)C1Cc2ccccc2C1. The number of ether oxygens (including phenoxy) is 1. The minimum absolute atomic E-state index is 0.0338. The maximum Gasteiger partial charge on any atom is 0.407 e. The molecule has 1 aliphatic heterocycles. The third-order valence-electron chi connectivity index (χ3n) is 9.93. The number of nitrogens with one attached hydrogen (secondary N) is 1. The summed E-state index contributed by atoms with van der Waals surface area (Å²) in [7, 11) is 0. The first kappa shape index (κ1) is 30.2. The second kappa shape index (κ2) is 11.1. The van der Waals surface area contributed by atoms with Crippen molar-refractivity contribution >= 4 is 29.5 Å². The van der Waals surface area contributed by atoms with Crippen molar-refractivity contribution in [2.24, 2.45) is 46.2 Å². The number of hydrogen-bond acceptors (Lipinski definition) is 6. The van der Waals surface area contributed by atoms with Crippen LogP contribution < -0.4 is 11.1 Å². The number of carbonyl (C=O) groups excluding carboxylic acids is 5. The van der Waals surface area contributed by atoms with Crippen molar-refractivity contribution < 1.29 is 28.7 Å². The number of carbonyl (C=O) groups is 5. The molecule has 1 aromatic carbocycles. The van der Waals surface area contributed by atoms with Crippen LogP contribution in [0.2, 0.25) is 0 Å². The molecule has 0 aromatic heterocycles. The molecular weight excluding hydrogens is 534 g/mol. The van der Waals surface area contributed by atoms with Crippen LogP contribution in [0.15, 0.2) is 24.3 Å². The summed E-state index contributed by atoms with van der Waals surface area (Å²) in [5.74, 6) is -2.71. The predicted octanol–water partition coefficient (Wildman–Crippen LogP) is 3.46. The lowest BCUT2D eigenvalue weighted by Crippen LogP contribution is -2.57. The van der Waals surface area contributed by atoms with Crippen molar-refractivity contribution in [3.05, 3.63) is 35.4 Å². The Labute approximate surface area is 248 Å². The molecule has 9 heteroatoms. The average Bonchev–Trinajstić information content (AvgIpc) is 3.67. The van der Waals surface area contributed by atoms with E-state index in [1.165, 1.54) is 0 Å². The van der Waals surface area contributed by atoms with Crippen LogP contribution in [0, 0.1) is 40.4 Å². The van der Waals surface area contributed by atoms with E-state index >= 15 is 0 Å². The summed E-state index contributed by atoms with van der Waals surface area (Å²) < 4.78 is 5.50. The number of benzene rings is 1. The number of amides is 3. The monoisotopic (exact) mass is 579 g/mol. The molecule has 4 aliphatic rings. The number of nitrogens with zero attached hydrogens (tertiary/aromatic N) is 1. The van der Waals surface area contributed by atoms with Crippen molar-refractivity contribution in [3.8, 4) is 0 Å². The van der Waals surface area contributed by atoms with Gasteiger partial charge in [0, 0.05) is 18.9 Å². The summed E-state index contributed by atoms with van der Waals surface area (Å²) >= 11 is 0. The van der Waals surface area contributed by atoms with Gasteiger partial charge in [-0.15, -0.1) is 0 Å². The van der Waals surface area contributed by atoms with E-state index in [0.29, 0.717) is 31.7 Å². The smallest absolute Gasteiger partial charge is 0.407 e. The number of fused-ring (bicyclic) bond motifs is 2. The number of rotatable bonds is 11. The summed E-state index contributed by atoms with van der Waals surface area (Å²) in [6.45, 7) is 10.7. The van der Waals surface area contributed by atoms with Gasteiger partial charge in [-0.2, -0.15) is 0 Å². The van der Waals surface area contributed by atoms with Gasteiger partial charge in [-0.3, -0.25) is 19.2 Å². The zero-order valence-electron chi connectivity index (χ0n) is 25.5. The lowest BCUT2D eigenvalue weighted by atomic mass is 9.86. The Kier molecular flexibility index (Phi) is 8.00. The number of alkyl carbamates (subject to hydrolysis) is 1. The van der Waals surface area contributed by atoms with Crippen molar-refractivity contribution in [2.75, 3.05) is 13.2 Å². The van der Waals surface area contributed by atoms with Crippen LogP contribution in [0.1, 0.15) is 71.4 Å². The lowest BCUT2D eigenvalue weighted by molar-refractivity contribution is -0.144. The zero-order valence-corrected chi connectivity index (χ0v) is 25.5. The molecule has 0 bridgehead atoms. The molecule has 5 rings (SSSR count). The number of likely N-dealkylation sites (tertiary alicyclic amines) is 1. The van der Waals surface area contributed by atoms with E-state index in [-0.39, 0.29) is 53.3 Å². The topological polar surface area (TPSA) is 136 Å². The first-order valence-electron chi connectivity index (χ1n) is 15.3. The second-order valence-electron chi connectivity index (χ2n) is 14.9. The fraction of sp³-hybridized carbons (Fsp3) is 0.667. The van der Waals surface area contributed by atoms with Crippen LogP contribution in [0.5, 0.6) is 0 Å². The Morgan fingerprint density at radius 3 is 2.24 bits per heavy atom. The molecule has 1 aromatic rings. The van der Waals surface area contributed by atoms with Crippen molar-refractivity contribution in [2.45, 2.75) is 85.2 Å².